The minimum absolute atomic E-state index is 0.155. The summed E-state index contributed by atoms with van der Waals surface area (Å²) in [5, 5.41) is 15.0. The molecular weight excluding hydrogens is 345 g/mol. The van der Waals surface area contributed by atoms with Crippen molar-refractivity contribution in [1.29, 1.82) is 0 Å². The lowest BCUT2D eigenvalue weighted by molar-refractivity contribution is -0.0816. The Labute approximate surface area is 148 Å². The second kappa shape index (κ2) is 6.25. The number of amides is 1. The van der Waals surface area contributed by atoms with Crippen molar-refractivity contribution in [2.24, 2.45) is 5.10 Å². The van der Waals surface area contributed by atoms with Gasteiger partial charge in [-0.05, 0) is 26.0 Å². The number of halogens is 3. The van der Waals surface area contributed by atoms with Crippen molar-refractivity contribution in [2.75, 3.05) is 0 Å². The van der Waals surface area contributed by atoms with Gasteiger partial charge in [-0.2, -0.15) is 23.3 Å². The lowest BCUT2D eigenvalue weighted by Gasteiger charge is -2.31. The van der Waals surface area contributed by atoms with Gasteiger partial charge in [-0.15, -0.1) is 0 Å². The molecule has 0 bridgehead atoms. The van der Waals surface area contributed by atoms with Crippen molar-refractivity contribution in [3.8, 4) is 0 Å². The third-order valence-corrected chi connectivity index (χ3v) is 4.28. The first kappa shape index (κ1) is 18.1. The van der Waals surface area contributed by atoms with Gasteiger partial charge in [0.15, 0.2) is 5.72 Å². The van der Waals surface area contributed by atoms with Crippen molar-refractivity contribution in [3.05, 3.63) is 70.8 Å². The summed E-state index contributed by atoms with van der Waals surface area (Å²) >= 11 is 0. The van der Waals surface area contributed by atoms with Crippen LogP contribution < -0.4 is 0 Å². The molecule has 1 heterocycles. The van der Waals surface area contributed by atoms with Gasteiger partial charge in [0.25, 0.3) is 5.91 Å². The number of hydrogen-bond acceptors (Lipinski definition) is 3. The lowest BCUT2D eigenvalue weighted by atomic mass is 9.95. The van der Waals surface area contributed by atoms with E-state index in [1.54, 1.807) is 37.3 Å². The molecule has 3 rings (SSSR count). The Kier molecular flexibility index (Phi) is 4.36. The van der Waals surface area contributed by atoms with E-state index in [-0.39, 0.29) is 11.1 Å². The zero-order valence-electron chi connectivity index (χ0n) is 14.2. The number of hydrazone groups is 1. The van der Waals surface area contributed by atoms with Crippen LogP contribution in [-0.2, 0) is 5.72 Å². The molecule has 0 aliphatic carbocycles. The first-order valence-corrected chi connectivity index (χ1v) is 7.97. The van der Waals surface area contributed by atoms with E-state index in [2.05, 4.69) is 5.10 Å². The average Bonchev–Trinajstić information content (AvgIpc) is 2.94. The molecule has 0 fully saturated rings. The number of nitrogens with zero attached hydrogens (tertiary/aromatic N) is 2. The largest absolute Gasteiger partial charge is 0.431 e. The van der Waals surface area contributed by atoms with Crippen LogP contribution in [0.15, 0.2) is 53.6 Å². The summed E-state index contributed by atoms with van der Waals surface area (Å²) in [6, 6.07) is 12.7. The van der Waals surface area contributed by atoms with E-state index in [9.17, 15) is 23.1 Å². The van der Waals surface area contributed by atoms with Crippen molar-refractivity contribution >= 4 is 11.6 Å². The van der Waals surface area contributed by atoms with Gasteiger partial charge in [0.05, 0.1) is 6.42 Å². The standard InChI is InChI=1S/C19H17F3N2O2/c1-12-6-8-15(9-7-12)18(26)11-16(19(20,21)22)23-24(18)17(25)14-5-3-4-13(2)10-14/h3-10,26H,11H2,1-2H3/t18-/m1/s1. The zero-order chi connectivity index (χ0) is 19.1. The third-order valence-electron chi connectivity index (χ3n) is 4.28. The molecule has 0 saturated carbocycles. The monoisotopic (exact) mass is 362 g/mol. The number of carbonyl (C=O) groups is 1. The molecule has 0 unspecified atom stereocenters. The predicted molar refractivity (Wildman–Crippen MR) is 90.5 cm³/mol. The summed E-state index contributed by atoms with van der Waals surface area (Å²) in [4.78, 5) is 12.8. The number of carbonyl (C=O) groups excluding carboxylic acids is 1. The van der Waals surface area contributed by atoms with Gasteiger partial charge in [0.1, 0.15) is 5.71 Å². The summed E-state index contributed by atoms with van der Waals surface area (Å²) in [6.45, 7) is 3.58. The Morgan fingerprint density at radius 2 is 1.77 bits per heavy atom. The van der Waals surface area contributed by atoms with Crippen molar-refractivity contribution < 1.29 is 23.1 Å². The average molecular weight is 362 g/mol. The fraction of sp³-hybridized carbons (Fsp3) is 0.263. The molecule has 0 aromatic heterocycles. The number of aliphatic hydroxyl groups is 1. The number of benzene rings is 2. The Morgan fingerprint density at radius 1 is 1.12 bits per heavy atom. The Bertz CT molecular complexity index is 875. The number of rotatable bonds is 2. The quantitative estimate of drug-likeness (QED) is 0.881. The molecule has 7 heteroatoms. The zero-order valence-corrected chi connectivity index (χ0v) is 14.2. The fourth-order valence-corrected chi connectivity index (χ4v) is 2.86. The third kappa shape index (κ3) is 3.22. The maximum atomic E-state index is 13.2. The van der Waals surface area contributed by atoms with Crippen LogP contribution in [0.3, 0.4) is 0 Å². The van der Waals surface area contributed by atoms with Gasteiger partial charge in [-0.1, -0.05) is 47.5 Å². The van der Waals surface area contributed by atoms with E-state index in [1.165, 1.54) is 18.2 Å². The molecule has 1 atom stereocenters. The first-order chi connectivity index (χ1) is 12.1. The highest BCUT2D eigenvalue weighted by atomic mass is 19.4. The number of aryl methyl sites for hydroxylation is 2. The van der Waals surface area contributed by atoms with Crippen LogP contribution in [0, 0.1) is 13.8 Å². The molecule has 1 aliphatic rings. The van der Waals surface area contributed by atoms with E-state index in [4.69, 9.17) is 0 Å². The van der Waals surface area contributed by atoms with E-state index in [1.807, 2.05) is 6.92 Å². The van der Waals surface area contributed by atoms with E-state index in [0.717, 1.165) is 11.1 Å². The van der Waals surface area contributed by atoms with E-state index in [0.29, 0.717) is 5.01 Å². The molecule has 26 heavy (non-hydrogen) atoms. The molecule has 1 amide bonds. The molecule has 136 valence electrons. The number of alkyl halides is 3. The van der Waals surface area contributed by atoms with Crippen molar-refractivity contribution in [2.45, 2.75) is 32.2 Å². The summed E-state index contributed by atoms with van der Waals surface area (Å²) in [7, 11) is 0. The van der Waals surface area contributed by atoms with Crippen LogP contribution >= 0.6 is 0 Å². The minimum Gasteiger partial charge on any atom is -0.365 e. The summed E-state index contributed by atoms with van der Waals surface area (Å²) in [5.74, 6) is -0.795. The normalized spacial score (nSPS) is 20.2. The van der Waals surface area contributed by atoms with Crippen LogP contribution in [0.1, 0.15) is 33.5 Å². The van der Waals surface area contributed by atoms with Gasteiger partial charge in [0.2, 0.25) is 0 Å². The molecule has 1 N–H and O–H groups in total. The minimum atomic E-state index is -4.74. The predicted octanol–water partition coefficient (Wildman–Crippen LogP) is 3.91. The van der Waals surface area contributed by atoms with Crippen LogP contribution in [0.25, 0.3) is 0 Å². The van der Waals surface area contributed by atoms with Crippen LogP contribution in [-0.4, -0.2) is 27.9 Å². The fourth-order valence-electron chi connectivity index (χ4n) is 2.86. The Hall–Kier alpha value is -2.67. The van der Waals surface area contributed by atoms with Gasteiger partial charge in [-0.3, -0.25) is 4.79 Å². The SMILES string of the molecule is Cc1ccc([C@]2(O)CC(C(F)(F)F)=NN2C(=O)c2cccc(C)c2)cc1. The second-order valence-corrected chi connectivity index (χ2v) is 6.39. The molecule has 1 aliphatic heterocycles. The molecule has 0 saturated heterocycles. The highest BCUT2D eigenvalue weighted by molar-refractivity contribution is 6.00. The highest BCUT2D eigenvalue weighted by Gasteiger charge is 2.53. The van der Waals surface area contributed by atoms with E-state index >= 15 is 0 Å². The smallest absolute Gasteiger partial charge is 0.365 e. The van der Waals surface area contributed by atoms with Gasteiger partial charge < -0.3 is 5.11 Å². The van der Waals surface area contributed by atoms with E-state index < -0.39 is 29.9 Å². The molecule has 0 spiro atoms. The second-order valence-electron chi connectivity index (χ2n) is 6.39. The maximum absolute atomic E-state index is 13.2. The molecule has 4 nitrogen and oxygen atoms in total. The van der Waals surface area contributed by atoms with Gasteiger partial charge in [0, 0.05) is 11.1 Å². The summed E-state index contributed by atoms with van der Waals surface area (Å²) in [5.41, 5.74) is -1.41. The number of hydrogen-bond donors (Lipinski definition) is 1. The van der Waals surface area contributed by atoms with Crippen molar-refractivity contribution in [1.82, 2.24) is 5.01 Å². The van der Waals surface area contributed by atoms with Gasteiger partial charge >= 0.3 is 6.18 Å². The first-order valence-electron chi connectivity index (χ1n) is 7.97. The summed E-state index contributed by atoms with van der Waals surface area (Å²) in [6.07, 6.45) is -5.56. The van der Waals surface area contributed by atoms with Gasteiger partial charge in [-0.25, -0.2) is 0 Å². The summed E-state index contributed by atoms with van der Waals surface area (Å²) < 4.78 is 39.6. The molecule has 2 aromatic carbocycles. The molecule has 0 radical (unpaired) electrons. The Morgan fingerprint density at radius 3 is 2.35 bits per heavy atom. The topological polar surface area (TPSA) is 52.9 Å². The van der Waals surface area contributed by atoms with Crippen LogP contribution in [0.4, 0.5) is 13.2 Å². The van der Waals surface area contributed by atoms with Crippen LogP contribution in [0.5, 0.6) is 0 Å². The Balaban J connectivity index is 2.08. The maximum Gasteiger partial charge on any atom is 0.431 e. The highest BCUT2D eigenvalue weighted by Crippen LogP contribution is 2.40. The molecular formula is C19H17F3N2O2. The molecule has 2 aromatic rings. The van der Waals surface area contributed by atoms with Crippen LogP contribution in [0.2, 0.25) is 0 Å². The lowest BCUT2D eigenvalue weighted by Crippen LogP contribution is -2.43. The van der Waals surface area contributed by atoms with Crippen molar-refractivity contribution in [3.63, 3.8) is 0 Å².